The molecule has 0 aliphatic rings. The second-order valence-corrected chi connectivity index (χ2v) is 9.00. The van der Waals surface area contributed by atoms with E-state index in [1.165, 1.54) is 30.1 Å². The number of hydrazone groups is 1. The molecule has 0 aliphatic heterocycles. The fourth-order valence-corrected chi connectivity index (χ4v) is 4.25. The topological polar surface area (TPSA) is 128 Å². The minimum atomic E-state index is -1.01. The van der Waals surface area contributed by atoms with Crippen molar-refractivity contribution in [3.05, 3.63) is 83.4 Å². The molecule has 1 aromatic heterocycles. The molecule has 38 heavy (non-hydrogen) atoms. The maximum Gasteiger partial charge on any atom is 0.335 e. The lowest BCUT2D eigenvalue weighted by molar-refractivity contribution is -0.118. The third kappa shape index (κ3) is 6.19. The molecule has 11 heteroatoms. The molecule has 0 aliphatic carbocycles. The Balaban J connectivity index is 1.52. The standard InChI is InChI=1S/C27H25N5O5S/c1-17-4-11-21(12-5-17)32-25(20-10-13-22(36-2)23(14-20)37-3)30-31-27(32)38-16-24(33)29-28-15-18-6-8-19(9-7-18)26(34)35/h4-15H,16H2,1-3H3,(H,29,33)(H,34,35)/b28-15+. The summed E-state index contributed by atoms with van der Waals surface area (Å²) in [6.07, 6.45) is 1.44. The van der Waals surface area contributed by atoms with Crippen LogP contribution in [-0.4, -0.2) is 57.9 Å². The summed E-state index contributed by atoms with van der Waals surface area (Å²) < 4.78 is 12.7. The number of hydrogen-bond donors (Lipinski definition) is 2. The number of methoxy groups -OCH3 is 2. The molecule has 2 N–H and O–H groups in total. The van der Waals surface area contributed by atoms with E-state index in [1.807, 2.05) is 47.9 Å². The number of aromatic nitrogens is 3. The van der Waals surface area contributed by atoms with Crippen LogP contribution in [0.15, 0.2) is 77.0 Å². The number of carbonyl (C=O) groups is 2. The van der Waals surface area contributed by atoms with Gasteiger partial charge in [0, 0.05) is 11.3 Å². The summed E-state index contributed by atoms with van der Waals surface area (Å²) in [6.45, 7) is 2.01. The van der Waals surface area contributed by atoms with Crippen molar-refractivity contribution in [1.29, 1.82) is 0 Å². The van der Waals surface area contributed by atoms with E-state index in [-0.39, 0.29) is 17.2 Å². The molecule has 1 amide bonds. The van der Waals surface area contributed by atoms with Gasteiger partial charge in [0.1, 0.15) is 0 Å². The van der Waals surface area contributed by atoms with E-state index < -0.39 is 5.97 Å². The fourth-order valence-electron chi connectivity index (χ4n) is 3.51. The molecule has 3 aromatic carbocycles. The van der Waals surface area contributed by atoms with Gasteiger partial charge in [0.15, 0.2) is 22.5 Å². The predicted molar refractivity (Wildman–Crippen MR) is 144 cm³/mol. The number of benzene rings is 3. The number of nitrogens with one attached hydrogen (secondary N) is 1. The minimum Gasteiger partial charge on any atom is -0.493 e. The maximum absolute atomic E-state index is 12.5. The van der Waals surface area contributed by atoms with Crippen LogP contribution in [0.4, 0.5) is 0 Å². The molecule has 0 unspecified atom stereocenters. The van der Waals surface area contributed by atoms with Gasteiger partial charge in [-0.2, -0.15) is 5.10 Å². The third-order valence-corrected chi connectivity index (χ3v) is 6.39. The summed E-state index contributed by atoms with van der Waals surface area (Å²) in [5.74, 6) is 0.451. The van der Waals surface area contributed by atoms with Crippen molar-refractivity contribution in [3.63, 3.8) is 0 Å². The highest BCUT2D eigenvalue weighted by atomic mass is 32.2. The largest absolute Gasteiger partial charge is 0.493 e. The van der Waals surface area contributed by atoms with Gasteiger partial charge in [-0.15, -0.1) is 10.2 Å². The lowest BCUT2D eigenvalue weighted by atomic mass is 10.1. The van der Waals surface area contributed by atoms with Crippen molar-refractivity contribution < 1.29 is 24.2 Å². The van der Waals surface area contributed by atoms with Gasteiger partial charge in [0.05, 0.1) is 31.8 Å². The number of aromatic carboxylic acids is 1. The highest BCUT2D eigenvalue weighted by Crippen LogP contribution is 2.34. The number of rotatable bonds is 10. The van der Waals surface area contributed by atoms with Gasteiger partial charge in [0.25, 0.3) is 5.91 Å². The van der Waals surface area contributed by atoms with Crippen molar-refractivity contribution in [2.24, 2.45) is 5.10 Å². The van der Waals surface area contributed by atoms with Crippen LogP contribution in [0.1, 0.15) is 21.5 Å². The zero-order valence-corrected chi connectivity index (χ0v) is 21.7. The van der Waals surface area contributed by atoms with Gasteiger partial charge in [-0.3, -0.25) is 9.36 Å². The first-order valence-corrected chi connectivity index (χ1v) is 12.4. The summed E-state index contributed by atoms with van der Waals surface area (Å²) in [5, 5.41) is 22.2. The second-order valence-electron chi connectivity index (χ2n) is 8.06. The highest BCUT2D eigenvalue weighted by Gasteiger charge is 2.19. The summed E-state index contributed by atoms with van der Waals surface area (Å²) in [5.41, 5.74) is 6.03. The zero-order chi connectivity index (χ0) is 27.1. The van der Waals surface area contributed by atoms with E-state index in [0.717, 1.165) is 16.8 Å². The quantitative estimate of drug-likeness (QED) is 0.177. The number of aryl methyl sites for hydroxylation is 1. The Labute approximate surface area is 223 Å². The van der Waals surface area contributed by atoms with Crippen LogP contribution in [-0.2, 0) is 4.79 Å². The molecule has 1 heterocycles. The summed E-state index contributed by atoms with van der Waals surface area (Å²) in [7, 11) is 3.14. The van der Waals surface area contributed by atoms with Gasteiger partial charge in [-0.1, -0.05) is 41.6 Å². The molecule has 0 radical (unpaired) electrons. The van der Waals surface area contributed by atoms with Crippen LogP contribution < -0.4 is 14.9 Å². The zero-order valence-electron chi connectivity index (χ0n) is 20.9. The Kier molecular flexibility index (Phi) is 8.39. The van der Waals surface area contributed by atoms with Crippen LogP contribution in [0.25, 0.3) is 17.1 Å². The van der Waals surface area contributed by atoms with Crippen molar-refractivity contribution >= 4 is 29.9 Å². The van der Waals surface area contributed by atoms with Crippen LogP contribution in [0.2, 0.25) is 0 Å². The molecular formula is C27H25N5O5S. The molecule has 0 spiro atoms. The molecule has 0 bridgehead atoms. The summed E-state index contributed by atoms with van der Waals surface area (Å²) >= 11 is 1.22. The summed E-state index contributed by atoms with van der Waals surface area (Å²) in [4.78, 5) is 23.4. The van der Waals surface area contributed by atoms with Crippen molar-refractivity contribution in [2.45, 2.75) is 12.1 Å². The van der Waals surface area contributed by atoms with Crippen LogP contribution in [0.3, 0.4) is 0 Å². The van der Waals surface area contributed by atoms with Crippen molar-refractivity contribution in [3.8, 4) is 28.6 Å². The number of hydrogen-bond acceptors (Lipinski definition) is 8. The smallest absolute Gasteiger partial charge is 0.335 e. The number of carbonyl (C=O) groups excluding carboxylic acids is 1. The van der Waals surface area contributed by atoms with E-state index in [9.17, 15) is 9.59 Å². The first-order chi connectivity index (χ1) is 18.4. The van der Waals surface area contributed by atoms with E-state index in [2.05, 4.69) is 20.7 Å². The Morgan fingerprint density at radius 2 is 1.71 bits per heavy atom. The Morgan fingerprint density at radius 1 is 1.00 bits per heavy atom. The van der Waals surface area contributed by atoms with Gasteiger partial charge in [0.2, 0.25) is 0 Å². The predicted octanol–water partition coefficient (Wildman–Crippen LogP) is 4.20. The van der Waals surface area contributed by atoms with E-state index in [1.54, 1.807) is 32.4 Å². The Bertz CT molecular complexity index is 1470. The lowest BCUT2D eigenvalue weighted by Crippen LogP contribution is -2.20. The minimum absolute atomic E-state index is 0.0468. The number of nitrogens with zero attached hydrogens (tertiary/aromatic N) is 4. The first-order valence-electron chi connectivity index (χ1n) is 11.4. The van der Waals surface area contributed by atoms with Gasteiger partial charge in [-0.05, 0) is 55.0 Å². The number of ether oxygens (including phenoxy) is 2. The Hall–Kier alpha value is -4.64. The molecule has 0 saturated carbocycles. The van der Waals surface area contributed by atoms with Crippen LogP contribution in [0.5, 0.6) is 11.5 Å². The third-order valence-electron chi connectivity index (χ3n) is 5.46. The average Bonchev–Trinajstić information content (AvgIpc) is 3.36. The number of amides is 1. The molecule has 0 fully saturated rings. The molecule has 4 aromatic rings. The van der Waals surface area contributed by atoms with E-state index >= 15 is 0 Å². The number of carboxylic acid groups (broad SMARTS) is 1. The van der Waals surface area contributed by atoms with E-state index in [4.69, 9.17) is 14.6 Å². The molecule has 0 saturated heterocycles. The molecule has 194 valence electrons. The average molecular weight is 532 g/mol. The van der Waals surface area contributed by atoms with Crippen LogP contribution in [0, 0.1) is 6.92 Å². The molecule has 10 nitrogen and oxygen atoms in total. The normalized spacial score (nSPS) is 10.9. The molecular weight excluding hydrogens is 506 g/mol. The summed E-state index contributed by atoms with van der Waals surface area (Å²) in [6, 6.07) is 19.6. The molecule has 0 atom stereocenters. The van der Waals surface area contributed by atoms with Gasteiger partial charge < -0.3 is 14.6 Å². The van der Waals surface area contributed by atoms with E-state index in [0.29, 0.717) is 28.0 Å². The van der Waals surface area contributed by atoms with Crippen molar-refractivity contribution in [1.82, 2.24) is 20.2 Å². The van der Waals surface area contributed by atoms with Gasteiger partial charge in [-0.25, -0.2) is 10.2 Å². The maximum atomic E-state index is 12.5. The molecule has 4 rings (SSSR count). The van der Waals surface area contributed by atoms with Crippen LogP contribution >= 0.6 is 11.8 Å². The monoisotopic (exact) mass is 531 g/mol. The highest BCUT2D eigenvalue weighted by molar-refractivity contribution is 7.99. The van der Waals surface area contributed by atoms with Crippen molar-refractivity contribution in [2.75, 3.05) is 20.0 Å². The van der Waals surface area contributed by atoms with Gasteiger partial charge >= 0.3 is 5.97 Å². The lowest BCUT2D eigenvalue weighted by Gasteiger charge is -2.12. The number of thioether (sulfide) groups is 1. The second kappa shape index (κ2) is 12.1. The SMILES string of the molecule is COc1ccc(-c2nnc(SCC(=O)N/N=C/c3ccc(C(=O)O)cc3)n2-c2ccc(C)cc2)cc1OC. The fraction of sp³-hybridized carbons (Fsp3) is 0.148. The first kappa shape index (κ1) is 26.4. The number of carboxylic acids is 1. The Morgan fingerprint density at radius 3 is 2.37 bits per heavy atom.